The number of H-pyrrole nitrogens is 1. The number of hydrogen-bond donors (Lipinski definition) is 4. The molecule has 0 radical (unpaired) electrons. The van der Waals surface area contributed by atoms with Crippen LogP contribution in [-0.4, -0.2) is 56.8 Å². The third-order valence-electron chi connectivity index (χ3n) is 6.63. The predicted molar refractivity (Wildman–Crippen MR) is 139 cm³/mol. The summed E-state index contributed by atoms with van der Waals surface area (Å²) < 4.78 is 2.19. The van der Waals surface area contributed by atoms with Crippen LogP contribution < -0.4 is 10.9 Å². The highest BCUT2D eigenvalue weighted by atomic mass is 35.5. The van der Waals surface area contributed by atoms with Crippen LogP contribution in [0.3, 0.4) is 0 Å². The van der Waals surface area contributed by atoms with Crippen LogP contribution in [0.1, 0.15) is 41.4 Å². The Labute approximate surface area is 210 Å². The molecule has 1 aromatic carbocycles. The van der Waals surface area contributed by atoms with Gasteiger partial charge in [-0.2, -0.15) is 0 Å². The van der Waals surface area contributed by atoms with E-state index in [1.165, 1.54) is 5.69 Å². The number of aromatic amines is 1. The van der Waals surface area contributed by atoms with Crippen LogP contribution in [0.5, 0.6) is 5.75 Å². The SMILES string of the molecule is CCc1c(-c2ccc3c(c2)cc(CN(C)C2CCNCC2)n3C)[nH]c(=O)c(C(=O)O)c1O.Cl.Cl. The standard InChI is InChI=1S/C24H30N4O4.2ClH/c1-4-18-21(26-23(30)20(22(18)29)24(31)32)14-5-6-19-15(11-14)12-17(28(19)3)13-27(2)16-7-9-25-10-8-16;;/h5-6,11-12,16,25H,4,7-10,13H2,1-3H3,(H,31,32)(H2,26,29,30);2*1H. The molecular weight excluding hydrogens is 479 g/mol. The van der Waals surface area contributed by atoms with Gasteiger partial charge in [0, 0.05) is 41.8 Å². The molecule has 1 aliphatic rings. The number of carboxylic acid groups (broad SMARTS) is 1. The lowest BCUT2D eigenvalue weighted by Crippen LogP contribution is -2.40. The van der Waals surface area contributed by atoms with E-state index in [1.54, 1.807) is 0 Å². The van der Waals surface area contributed by atoms with Crippen molar-refractivity contribution in [1.82, 2.24) is 19.8 Å². The van der Waals surface area contributed by atoms with Crippen molar-refractivity contribution < 1.29 is 15.0 Å². The molecule has 186 valence electrons. The number of nitrogens with zero attached hydrogens (tertiary/aromatic N) is 2. The van der Waals surface area contributed by atoms with Crippen molar-refractivity contribution in [1.29, 1.82) is 0 Å². The van der Waals surface area contributed by atoms with Gasteiger partial charge in [0.1, 0.15) is 5.75 Å². The number of carbonyl (C=O) groups is 1. The van der Waals surface area contributed by atoms with E-state index in [4.69, 9.17) is 0 Å². The van der Waals surface area contributed by atoms with Gasteiger partial charge in [-0.05, 0) is 63.2 Å². The highest BCUT2D eigenvalue weighted by molar-refractivity contribution is 5.92. The number of fused-ring (bicyclic) bond motifs is 1. The number of aromatic nitrogens is 2. The normalized spacial score (nSPS) is 14.1. The average molecular weight is 511 g/mol. The fourth-order valence-corrected chi connectivity index (χ4v) is 4.76. The first kappa shape index (κ1) is 27.7. The zero-order valence-corrected chi connectivity index (χ0v) is 21.2. The summed E-state index contributed by atoms with van der Waals surface area (Å²) in [5, 5.41) is 24.2. The zero-order chi connectivity index (χ0) is 23.0. The summed E-state index contributed by atoms with van der Waals surface area (Å²) in [5.41, 5.74) is 2.47. The van der Waals surface area contributed by atoms with Crippen LogP contribution in [0.15, 0.2) is 29.1 Å². The van der Waals surface area contributed by atoms with Gasteiger partial charge >= 0.3 is 5.97 Å². The smallest absolute Gasteiger partial charge is 0.345 e. The number of halogens is 2. The first-order valence-electron chi connectivity index (χ1n) is 11.0. The summed E-state index contributed by atoms with van der Waals surface area (Å²) in [4.78, 5) is 28.8. The molecule has 0 amide bonds. The third kappa shape index (κ3) is 5.10. The second kappa shape index (κ2) is 11.3. The zero-order valence-electron chi connectivity index (χ0n) is 19.6. The van der Waals surface area contributed by atoms with Gasteiger partial charge in [0.2, 0.25) is 0 Å². The lowest BCUT2D eigenvalue weighted by atomic mass is 9.99. The van der Waals surface area contributed by atoms with Crippen molar-refractivity contribution in [3.63, 3.8) is 0 Å². The molecule has 3 aromatic rings. The topological polar surface area (TPSA) is 111 Å². The third-order valence-corrected chi connectivity index (χ3v) is 6.63. The summed E-state index contributed by atoms with van der Waals surface area (Å²) in [6.07, 6.45) is 2.68. The fourth-order valence-electron chi connectivity index (χ4n) is 4.76. The number of aryl methyl sites for hydroxylation is 1. The van der Waals surface area contributed by atoms with Crippen LogP contribution in [0.2, 0.25) is 0 Å². The maximum absolute atomic E-state index is 12.3. The number of hydrogen-bond acceptors (Lipinski definition) is 5. The second-order valence-electron chi connectivity index (χ2n) is 8.55. The van der Waals surface area contributed by atoms with Gasteiger partial charge in [0.05, 0.1) is 5.69 Å². The molecule has 4 N–H and O–H groups in total. The molecule has 1 fully saturated rings. The predicted octanol–water partition coefficient (Wildman–Crippen LogP) is 3.53. The summed E-state index contributed by atoms with van der Waals surface area (Å²) in [7, 11) is 4.23. The molecule has 34 heavy (non-hydrogen) atoms. The molecule has 2 aromatic heterocycles. The molecule has 0 bridgehead atoms. The van der Waals surface area contributed by atoms with Crippen molar-refractivity contribution in [3.05, 3.63) is 51.4 Å². The van der Waals surface area contributed by atoms with Crippen LogP contribution in [-0.2, 0) is 20.0 Å². The number of benzene rings is 1. The number of aromatic carboxylic acids is 1. The molecule has 0 unspecified atom stereocenters. The minimum absolute atomic E-state index is 0. The number of aromatic hydroxyl groups is 1. The highest BCUT2D eigenvalue weighted by Gasteiger charge is 2.23. The van der Waals surface area contributed by atoms with Gasteiger partial charge in [-0.15, -0.1) is 24.8 Å². The van der Waals surface area contributed by atoms with Gasteiger partial charge in [0.15, 0.2) is 5.56 Å². The van der Waals surface area contributed by atoms with Crippen LogP contribution >= 0.6 is 24.8 Å². The molecule has 8 nitrogen and oxygen atoms in total. The number of pyridine rings is 1. The Morgan fingerprint density at radius 1 is 1.21 bits per heavy atom. The Morgan fingerprint density at radius 3 is 2.50 bits per heavy atom. The van der Waals surface area contributed by atoms with Crippen LogP contribution in [0.25, 0.3) is 22.2 Å². The number of nitrogens with one attached hydrogen (secondary N) is 2. The minimum Gasteiger partial charge on any atom is -0.506 e. The highest BCUT2D eigenvalue weighted by Crippen LogP contribution is 2.32. The summed E-state index contributed by atoms with van der Waals surface area (Å²) >= 11 is 0. The van der Waals surface area contributed by atoms with E-state index >= 15 is 0 Å². The van der Waals surface area contributed by atoms with E-state index < -0.39 is 22.8 Å². The van der Waals surface area contributed by atoms with E-state index in [0.29, 0.717) is 23.7 Å². The maximum Gasteiger partial charge on any atom is 0.345 e. The van der Waals surface area contributed by atoms with Crippen molar-refractivity contribution in [2.75, 3.05) is 20.1 Å². The van der Waals surface area contributed by atoms with Crippen molar-refractivity contribution in [2.24, 2.45) is 7.05 Å². The van der Waals surface area contributed by atoms with E-state index in [0.717, 1.165) is 48.9 Å². The number of piperidine rings is 1. The van der Waals surface area contributed by atoms with Gasteiger partial charge in [-0.3, -0.25) is 9.69 Å². The van der Waals surface area contributed by atoms with Gasteiger partial charge in [-0.25, -0.2) is 4.79 Å². The van der Waals surface area contributed by atoms with E-state index in [9.17, 15) is 19.8 Å². The minimum atomic E-state index is -1.44. The lowest BCUT2D eigenvalue weighted by molar-refractivity contribution is 0.0691. The summed E-state index contributed by atoms with van der Waals surface area (Å²) in [6, 6.07) is 8.60. The molecule has 0 atom stereocenters. The van der Waals surface area contributed by atoms with E-state index in [1.807, 2.05) is 25.1 Å². The van der Waals surface area contributed by atoms with Crippen molar-refractivity contribution >= 4 is 41.7 Å². The largest absolute Gasteiger partial charge is 0.506 e. The van der Waals surface area contributed by atoms with Gasteiger partial charge in [-0.1, -0.05) is 13.0 Å². The maximum atomic E-state index is 12.3. The molecule has 3 heterocycles. The first-order chi connectivity index (χ1) is 15.3. The van der Waals surface area contributed by atoms with Gasteiger partial charge < -0.3 is 25.1 Å². The second-order valence-corrected chi connectivity index (χ2v) is 8.55. The number of rotatable bonds is 6. The van der Waals surface area contributed by atoms with Crippen LogP contribution in [0.4, 0.5) is 0 Å². The molecule has 0 spiro atoms. The summed E-state index contributed by atoms with van der Waals surface area (Å²) in [5.74, 6) is -1.90. The van der Waals surface area contributed by atoms with Crippen molar-refractivity contribution in [3.8, 4) is 17.0 Å². The molecule has 0 saturated carbocycles. The fraction of sp³-hybridized carbons (Fsp3) is 0.417. The Hall–Kier alpha value is -2.52. The molecular formula is C24H32Cl2N4O4. The molecule has 4 rings (SSSR count). The first-order valence-corrected chi connectivity index (χ1v) is 11.0. The quantitative estimate of drug-likeness (QED) is 0.403. The molecule has 10 heteroatoms. The summed E-state index contributed by atoms with van der Waals surface area (Å²) in [6.45, 7) is 4.77. The Bertz CT molecular complexity index is 1230. The lowest BCUT2D eigenvalue weighted by Gasteiger charge is -2.31. The van der Waals surface area contributed by atoms with Gasteiger partial charge in [0.25, 0.3) is 5.56 Å². The molecule has 0 aliphatic carbocycles. The average Bonchev–Trinajstić information content (AvgIpc) is 3.08. The van der Waals surface area contributed by atoms with E-state index in [-0.39, 0.29) is 24.8 Å². The Morgan fingerprint density at radius 2 is 1.88 bits per heavy atom. The van der Waals surface area contributed by atoms with Crippen LogP contribution in [0, 0.1) is 0 Å². The Balaban J connectivity index is 0.00000204. The Kier molecular flexibility index (Phi) is 9.19. The molecule has 1 saturated heterocycles. The molecule has 1 aliphatic heterocycles. The number of carboxylic acids is 1. The monoisotopic (exact) mass is 510 g/mol. The van der Waals surface area contributed by atoms with E-state index in [2.05, 4.69) is 39.9 Å². The van der Waals surface area contributed by atoms with Crippen molar-refractivity contribution in [2.45, 2.75) is 38.8 Å².